The van der Waals surface area contributed by atoms with Crippen LogP contribution in [0.25, 0.3) is 0 Å². The van der Waals surface area contributed by atoms with Crippen LogP contribution in [0.4, 0.5) is 0 Å². The van der Waals surface area contributed by atoms with Crippen molar-refractivity contribution in [3.63, 3.8) is 0 Å². The molecular formula is C8H13NO2S. The normalized spacial score (nSPS) is 34.1. The molecule has 1 rings (SSSR count). The van der Waals surface area contributed by atoms with E-state index < -0.39 is 10.8 Å². The summed E-state index contributed by atoms with van der Waals surface area (Å²) >= 11 is 0. The Labute approximate surface area is 75.2 Å². The third kappa shape index (κ3) is 1.85. The molecule has 4 unspecified atom stereocenters. The molecule has 68 valence electrons. The summed E-state index contributed by atoms with van der Waals surface area (Å²) in [4.78, 5) is 0. The second kappa shape index (κ2) is 4.01. The van der Waals surface area contributed by atoms with Crippen molar-refractivity contribution < 1.29 is 8.95 Å². The van der Waals surface area contributed by atoms with Crippen molar-refractivity contribution >= 4 is 10.8 Å². The number of rotatable bonds is 2. The van der Waals surface area contributed by atoms with E-state index in [1.165, 1.54) is 0 Å². The highest BCUT2D eigenvalue weighted by Crippen LogP contribution is 2.20. The second-order valence-corrected chi connectivity index (χ2v) is 4.97. The predicted octanol–water partition coefficient (Wildman–Crippen LogP) is 0.825. The fourth-order valence-corrected chi connectivity index (χ4v) is 2.74. The molecular weight excluding hydrogens is 174 g/mol. The van der Waals surface area contributed by atoms with Crippen molar-refractivity contribution in [1.82, 2.24) is 0 Å². The number of hydrogen-bond donors (Lipinski definition) is 0. The molecule has 4 atom stereocenters. The predicted molar refractivity (Wildman–Crippen MR) is 47.0 cm³/mol. The molecule has 0 spiro atoms. The van der Waals surface area contributed by atoms with Gasteiger partial charge in [0.25, 0.3) is 0 Å². The topological polar surface area (TPSA) is 50.1 Å². The quantitative estimate of drug-likeness (QED) is 0.643. The fourth-order valence-electron chi connectivity index (χ4n) is 1.33. The van der Waals surface area contributed by atoms with Gasteiger partial charge in [0.1, 0.15) is 5.25 Å². The number of hydrogen-bond acceptors (Lipinski definition) is 3. The largest absolute Gasteiger partial charge is 0.377 e. The van der Waals surface area contributed by atoms with Crippen molar-refractivity contribution in [3.05, 3.63) is 0 Å². The van der Waals surface area contributed by atoms with E-state index >= 15 is 0 Å². The summed E-state index contributed by atoms with van der Waals surface area (Å²) in [5.74, 6) is 0. The average molecular weight is 187 g/mol. The van der Waals surface area contributed by atoms with Crippen molar-refractivity contribution in [2.24, 2.45) is 0 Å². The van der Waals surface area contributed by atoms with Crippen LogP contribution in [-0.4, -0.2) is 27.4 Å². The molecule has 12 heavy (non-hydrogen) atoms. The van der Waals surface area contributed by atoms with Crippen molar-refractivity contribution in [2.45, 2.75) is 36.9 Å². The third-order valence-corrected chi connectivity index (χ3v) is 4.15. The van der Waals surface area contributed by atoms with E-state index in [4.69, 9.17) is 10.00 Å². The molecule has 3 nitrogen and oxygen atoms in total. The Morgan fingerprint density at radius 1 is 1.75 bits per heavy atom. The molecule has 1 fully saturated rings. The fraction of sp³-hybridized carbons (Fsp3) is 0.875. The zero-order valence-electron chi connectivity index (χ0n) is 7.32. The molecule has 0 aromatic carbocycles. The minimum atomic E-state index is -1.06. The lowest BCUT2D eigenvalue weighted by molar-refractivity contribution is 0.127. The lowest BCUT2D eigenvalue weighted by Gasteiger charge is -2.14. The van der Waals surface area contributed by atoms with Crippen LogP contribution >= 0.6 is 0 Å². The minimum absolute atomic E-state index is 0.0432. The van der Waals surface area contributed by atoms with Crippen molar-refractivity contribution in [1.29, 1.82) is 5.26 Å². The van der Waals surface area contributed by atoms with Crippen LogP contribution in [0.1, 0.15) is 20.3 Å². The highest BCUT2D eigenvalue weighted by Gasteiger charge is 2.32. The van der Waals surface area contributed by atoms with Gasteiger partial charge in [0, 0.05) is 17.4 Å². The lowest BCUT2D eigenvalue weighted by atomic mass is 10.3. The molecule has 1 aliphatic rings. The first-order valence-corrected chi connectivity index (χ1v) is 5.35. The van der Waals surface area contributed by atoms with Crippen LogP contribution in [0.3, 0.4) is 0 Å². The van der Waals surface area contributed by atoms with E-state index in [1.54, 1.807) is 6.92 Å². The summed E-state index contributed by atoms with van der Waals surface area (Å²) in [7, 11) is -1.06. The molecule has 0 amide bonds. The van der Waals surface area contributed by atoms with Crippen LogP contribution in [0.2, 0.25) is 0 Å². The van der Waals surface area contributed by atoms with E-state index in [1.807, 2.05) is 13.0 Å². The standard InChI is InChI=1S/C8H13NO2S/c1-6(5-9)12(10)8-3-4-11-7(8)2/h6-8H,3-4H2,1-2H3. The van der Waals surface area contributed by atoms with E-state index in [0.717, 1.165) is 6.42 Å². The minimum Gasteiger partial charge on any atom is -0.377 e. The smallest absolute Gasteiger partial charge is 0.119 e. The first kappa shape index (κ1) is 9.69. The van der Waals surface area contributed by atoms with Gasteiger partial charge in [-0.3, -0.25) is 4.21 Å². The third-order valence-electron chi connectivity index (χ3n) is 2.14. The Balaban J connectivity index is 2.59. The zero-order chi connectivity index (χ0) is 9.14. The number of ether oxygens (including phenoxy) is 1. The van der Waals surface area contributed by atoms with Gasteiger partial charge >= 0.3 is 0 Å². The summed E-state index contributed by atoms with van der Waals surface area (Å²) in [5, 5.41) is 8.25. The molecule has 0 aromatic rings. The highest BCUT2D eigenvalue weighted by atomic mass is 32.2. The summed E-state index contributed by atoms with van der Waals surface area (Å²) in [6, 6.07) is 2.01. The molecule has 0 N–H and O–H groups in total. The molecule has 0 radical (unpaired) electrons. The van der Waals surface area contributed by atoms with Crippen molar-refractivity contribution in [3.8, 4) is 6.07 Å². The summed E-state index contributed by atoms with van der Waals surface area (Å²) in [6.07, 6.45) is 0.862. The first-order valence-electron chi connectivity index (χ1n) is 4.07. The molecule has 0 aromatic heterocycles. The first-order chi connectivity index (χ1) is 5.66. The van der Waals surface area contributed by atoms with Gasteiger partial charge in [0.05, 0.1) is 17.4 Å². The maximum absolute atomic E-state index is 11.6. The van der Waals surface area contributed by atoms with Gasteiger partial charge < -0.3 is 4.74 Å². The van der Waals surface area contributed by atoms with Gasteiger partial charge in [0.2, 0.25) is 0 Å². The molecule has 1 heterocycles. The van der Waals surface area contributed by atoms with Gasteiger partial charge in [-0.2, -0.15) is 5.26 Å². The molecule has 1 aliphatic heterocycles. The Bertz CT molecular complexity index is 224. The Hall–Kier alpha value is -0.400. The average Bonchev–Trinajstić information content (AvgIpc) is 2.48. The zero-order valence-corrected chi connectivity index (χ0v) is 8.13. The van der Waals surface area contributed by atoms with E-state index in [0.29, 0.717) is 6.61 Å². The Kier molecular flexibility index (Phi) is 3.24. The van der Waals surface area contributed by atoms with Gasteiger partial charge in [-0.05, 0) is 20.3 Å². The molecule has 0 bridgehead atoms. The van der Waals surface area contributed by atoms with Gasteiger partial charge in [-0.25, -0.2) is 0 Å². The number of nitrogens with zero attached hydrogens (tertiary/aromatic N) is 1. The lowest BCUT2D eigenvalue weighted by Crippen LogP contribution is -2.28. The van der Waals surface area contributed by atoms with Gasteiger partial charge in [-0.1, -0.05) is 0 Å². The molecule has 1 saturated heterocycles. The van der Waals surface area contributed by atoms with Crippen LogP contribution in [0.5, 0.6) is 0 Å². The van der Waals surface area contributed by atoms with Crippen LogP contribution in [0.15, 0.2) is 0 Å². The maximum Gasteiger partial charge on any atom is 0.119 e. The SMILES string of the molecule is CC1OCCC1S(=O)C(C)C#N. The number of nitriles is 1. The van der Waals surface area contributed by atoms with Gasteiger partial charge in [-0.15, -0.1) is 0 Å². The van der Waals surface area contributed by atoms with E-state index in [-0.39, 0.29) is 16.6 Å². The van der Waals surface area contributed by atoms with Crippen LogP contribution < -0.4 is 0 Å². The highest BCUT2D eigenvalue weighted by molar-refractivity contribution is 7.86. The second-order valence-electron chi connectivity index (χ2n) is 3.00. The Morgan fingerprint density at radius 2 is 2.42 bits per heavy atom. The van der Waals surface area contributed by atoms with Crippen molar-refractivity contribution in [2.75, 3.05) is 6.61 Å². The van der Waals surface area contributed by atoms with Gasteiger partial charge in [0.15, 0.2) is 0 Å². The Morgan fingerprint density at radius 3 is 2.83 bits per heavy atom. The molecule has 0 saturated carbocycles. The monoisotopic (exact) mass is 187 g/mol. The summed E-state index contributed by atoms with van der Waals surface area (Å²) in [5.41, 5.74) is 0. The van der Waals surface area contributed by atoms with E-state index in [2.05, 4.69) is 0 Å². The maximum atomic E-state index is 11.6. The van der Waals surface area contributed by atoms with Crippen LogP contribution in [-0.2, 0) is 15.5 Å². The summed E-state index contributed by atoms with van der Waals surface area (Å²) in [6.45, 7) is 4.29. The molecule has 4 heteroatoms. The van der Waals surface area contributed by atoms with Crippen LogP contribution in [0, 0.1) is 11.3 Å². The van der Waals surface area contributed by atoms with E-state index in [9.17, 15) is 4.21 Å². The summed E-state index contributed by atoms with van der Waals surface area (Å²) < 4.78 is 16.9. The molecule has 0 aliphatic carbocycles.